The first-order valence-corrected chi connectivity index (χ1v) is 5.67. The molecule has 0 heterocycles. The zero-order valence-electron chi connectivity index (χ0n) is 7.76. The number of halogens is 3. The first kappa shape index (κ1) is 12.1. The van der Waals surface area contributed by atoms with E-state index >= 15 is 0 Å². The minimum absolute atomic E-state index is 0.222. The fraction of sp³-hybridized carbons (Fsp3) is 0.222. The summed E-state index contributed by atoms with van der Waals surface area (Å²) in [5.41, 5.74) is 5.68. The molecule has 1 aromatic carbocycles. The molecule has 82 valence electrons. The van der Waals surface area contributed by atoms with Gasteiger partial charge in [0.05, 0.1) is 0 Å². The van der Waals surface area contributed by atoms with Crippen molar-refractivity contribution in [3.8, 4) is 0 Å². The van der Waals surface area contributed by atoms with Crippen molar-refractivity contribution in [3.63, 3.8) is 0 Å². The molecule has 2 N–H and O–H groups in total. The summed E-state index contributed by atoms with van der Waals surface area (Å²) in [5, 5.41) is -4.17. The molecule has 15 heavy (non-hydrogen) atoms. The first-order chi connectivity index (χ1) is 6.79. The van der Waals surface area contributed by atoms with Crippen LogP contribution in [0.25, 0.3) is 0 Å². The van der Waals surface area contributed by atoms with Crippen LogP contribution >= 0.6 is 0 Å². The molecule has 0 aliphatic heterocycles. The predicted molar refractivity (Wildman–Crippen MR) is 51.1 cm³/mol. The molecule has 1 amide bonds. The average Bonchev–Trinajstić information content (AvgIpc) is 2.05. The average molecular weight is 282 g/mol. The van der Waals surface area contributed by atoms with Gasteiger partial charge in [0.15, 0.2) is 0 Å². The van der Waals surface area contributed by atoms with Crippen LogP contribution in [0.2, 0.25) is 0 Å². The molecule has 0 fully saturated rings. The summed E-state index contributed by atoms with van der Waals surface area (Å²) in [4.78, 5) is 10.8. The molecule has 0 aromatic heterocycles. The van der Waals surface area contributed by atoms with Crippen LogP contribution in [-0.4, -0.2) is 25.9 Å². The zero-order valence-corrected chi connectivity index (χ0v) is 9.47. The van der Waals surface area contributed by atoms with Crippen LogP contribution in [0.1, 0.15) is 15.9 Å². The Morgan fingerprint density at radius 1 is 1.40 bits per heavy atom. The monoisotopic (exact) mass is 283 g/mol. The van der Waals surface area contributed by atoms with E-state index in [4.69, 9.17) is 5.73 Å². The maximum atomic E-state index is 12.1. The van der Waals surface area contributed by atoms with Gasteiger partial charge in [-0.2, -0.15) is 0 Å². The summed E-state index contributed by atoms with van der Waals surface area (Å²) in [6.45, 7) is 1.54. The van der Waals surface area contributed by atoms with Gasteiger partial charge in [-0.05, 0) is 0 Å². The molecular formula is C9H8F3NOSe. The molecule has 0 atom stereocenters. The Bertz CT molecular complexity index is 389. The molecule has 0 spiro atoms. The number of rotatable bonds is 2. The molecule has 0 aliphatic carbocycles. The van der Waals surface area contributed by atoms with Gasteiger partial charge in [-0.25, -0.2) is 0 Å². The van der Waals surface area contributed by atoms with E-state index in [0.717, 1.165) is 0 Å². The third-order valence-electron chi connectivity index (χ3n) is 1.69. The summed E-state index contributed by atoms with van der Waals surface area (Å²) < 4.78 is 36.6. The Labute approximate surface area is 90.8 Å². The van der Waals surface area contributed by atoms with Gasteiger partial charge in [0.25, 0.3) is 0 Å². The number of carbonyl (C=O) groups excluding carboxylic acids is 1. The standard InChI is InChI=1S/C9H8F3NOSe/c1-5-4-6(8(13)14)2-3-7(5)15-9(10,11)12/h2-4H,1H3,(H2,13,14). The van der Waals surface area contributed by atoms with Crippen LogP contribution in [0.4, 0.5) is 13.2 Å². The quantitative estimate of drug-likeness (QED) is 0.806. The van der Waals surface area contributed by atoms with E-state index in [0.29, 0.717) is 5.56 Å². The number of alkyl halides is 3. The number of benzene rings is 1. The normalized spacial score (nSPS) is 11.5. The summed E-state index contributed by atoms with van der Waals surface area (Å²) in [5.74, 6) is -0.635. The van der Waals surface area contributed by atoms with E-state index in [1.807, 2.05) is 0 Å². The van der Waals surface area contributed by atoms with E-state index in [-0.39, 0.29) is 10.0 Å². The minimum atomic E-state index is -4.17. The molecule has 0 aliphatic rings. The van der Waals surface area contributed by atoms with Crippen LogP contribution in [0.5, 0.6) is 0 Å². The van der Waals surface area contributed by atoms with Crippen molar-refractivity contribution >= 4 is 25.3 Å². The SMILES string of the molecule is Cc1cc(C(N)=O)ccc1[Se]C(F)(F)F. The third-order valence-corrected chi connectivity index (χ3v) is 3.59. The van der Waals surface area contributed by atoms with Crippen molar-refractivity contribution in [1.82, 2.24) is 0 Å². The summed E-state index contributed by atoms with van der Waals surface area (Å²) in [7, 11) is 0. The molecule has 1 rings (SSSR count). The van der Waals surface area contributed by atoms with Gasteiger partial charge in [0, 0.05) is 0 Å². The maximum absolute atomic E-state index is 12.1. The van der Waals surface area contributed by atoms with E-state index < -0.39 is 25.9 Å². The molecule has 1 aromatic rings. The summed E-state index contributed by atoms with van der Waals surface area (Å²) in [6.07, 6.45) is 0. The Morgan fingerprint density at radius 2 is 2.00 bits per heavy atom. The van der Waals surface area contributed by atoms with Gasteiger partial charge in [-0.1, -0.05) is 0 Å². The second-order valence-corrected chi connectivity index (χ2v) is 5.21. The van der Waals surface area contributed by atoms with Crippen molar-refractivity contribution in [1.29, 1.82) is 0 Å². The van der Waals surface area contributed by atoms with Crippen LogP contribution in [0.3, 0.4) is 0 Å². The Morgan fingerprint density at radius 3 is 2.40 bits per heavy atom. The molecule has 2 nitrogen and oxygen atoms in total. The van der Waals surface area contributed by atoms with Crippen molar-refractivity contribution in [2.75, 3.05) is 0 Å². The molecule has 6 heteroatoms. The van der Waals surface area contributed by atoms with E-state index in [1.54, 1.807) is 0 Å². The van der Waals surface area contributed by atoms with Gasteiger partial charge < -0.3 is 0 Å². The molecule has 0 unspecified atom stereocenters. The van der Waals surface area contributed by atoms with Crippen LogP contribution in [0.15, 0.2) is 18.2 Å². The number of primary amides is 1. The van der Waals surface area contributed by atoms with Crippen LogP contribution in [-0.2, 0) is 0 Å². The molecule has 0 radical (unpaired) electrons. The predicted octanol–water partition coefficient (Wildman–Crippen LogP) is 0.943. The molecule has 0 saturated carbocycles. The van der Waals surface area contributed by atoms with Gasteiger partial charge in [0.1, 0.15) is 0 Å². The number of nitrogens with two attached hydrogens (primary N) is 1. The third kappa shape index (κ3) is 3.57. The van der Waals surface area contributed by atoms with E-state index in [9.17, 15) is 18.0 Å². The van der Waals surface area contributed by atoms with Crippen molar-refractivity contribution in [2.24, 2.45) is 5.73 Å². The number of carbonyl (C=O) groups is 1. The second kappa shape index (κ2) is 4.24. The Balaban J connectivity index is 2.99. The Kier molecular flexibility index (Phi) is 3.42. The fourth-order valence-corrected chi connectivity index (χ4v) is 2.31. The van der Waals surface area contributed by atoms with Crippen molar-refractivity contribution < 1.29 is 18.0 Å². The number of aryl methyl sites for hydroxylation is 1. The van der Waals surface area contributed by atoms with Gasteiger partial charge >= 0.3 is 90.3 Å². The molecule has 0 bridgehead atoms. The van der Waals surface area contributed by atoms with E-state index in [1.165, 1.54) is 25.1 Å². The number of amides is 1. The zero-order chi connectivity index (χ0) is 11.6. The van der Waals surface area contributed by atoms with E-state index in [2.05, 4.69) is 0 Å². The van der Waals surface area contributed by atoms with Gasteiger partial charge in [0.2, 0.25) is 0 Å². The van der Waals surface area contributed by atoms with Crippen LogP contribution in [0, 0.1) is 6.92 Å². The molecule has 0 saturated heterocycles. The van der Waals surface area contributed by atoms with Crippen molar-refractivity contribution in [2.45, 2.75) is 12.0 Å². The first-order valence-electron chi connectivity index (χ1n) is 3.96. The second-order valence-electron chi connectivity index (χ2n) is 2.89. The van der Waals surface area contributed by atoms with Crippen molar-refractivity contribution in [3.05, 3.63) is 29.3 Å². The van der Waals surface area contributed by atoms with Gasteiger partial charge in [-0.3, -0.25) is 0 Å². The number of hydrogen-bond donors (Lipinski definition) is 1. The summed E-state index contributed by atoms with van der Waals surface area (Å²) in [6, 6.07) is 4.01. The Hall–Kier alpha value is -1.00. The topological polar surface area (TPSA) is 43.1 Å². The van der Waals surface area contributed by atoms with Gasteiger partial charge in [-0.15, -0.1) is 0 Å². The molecular weight excluding hydrogens is 274 g/mol. The van der Waals surface area contributed by atoms with Crippen LogP contribution < -0.4 is 10.2 Å². The summed E-state index contributed by atoms with van der Waals surface area (Å²) >= 11 is -1.58. The number of hydrogen-bond acceptors (Lipinski definition) is 1. The fourth-order valence-electron chi connectivity index (χ4n) is 1.04.